The molecule has 1 unspecified atom stereocenters. The Morgan fingerprint density at radius 2 is 1.88 bits per heavy atom. The van der Waals surface area contributed by atoms with Gasteiger partial charge in [0.25, 0.3) is 11.8 Å². The number of carbonyl (C=O) groups is 2. The van der Waals surface area contributed by atoms with Crippen LogP contribution >= 0.6 is 0 Å². The van der Waals surface area contributed by atoms with Crippen molar-refractivity contribution in [1.82, 2.24) is 20.2 Å². The van der Waals surface area contributed by atoms with Crippen molar-refractivity contribution < 1.29 is 14.8 Å². The molecule has 1 aromatic carbocycles. The first-order valence-electron chi connectivity index (χ1n) is 7.37. The third kappa shape index (κ3) is 3.11. The minimum Gasteiger partial charge on any atom is -0.344 e. The normalized spacial score (nSPS) is 11.9. The van der Waals surface area contributed by atoms with E-state index in [0.717, 1.165) is 5.56 Å². The second-order valence-electron chi connectivity index (χ2n) is 5.35. The second kappa shape index (κ2) is 6.51. The fraction of sp³-hybridized carbons (Fsp3) is 0.118. The number of amides is 2. The predicted molar refractivity (Wildman–Crippen MR) is 86.8 cm³/mol. The number of fused-ring (bicyclic) bond motifs is 1. The molecule has 2 amide bonds. The van der Waals surface area contributed by atoms with Crippen molar-refractivity contribution in [2.45, 2.75) is 13.0 Å². The molecule has 0 bridgehead atoms. The average Bonchev–Trinajstić information content (AvgIpc) is 3.05. The molecule has 3 rings (SSSR count). The largest absolute Gasteiger partial charge is 0.344 e. The van der Waals surface area contributed by atoms with E-state index in [1.165, 1.54) is 0 Å². The summed E-state index contributed by atoms with van der Waals surface area (Å²) in [4.78, 5) is 27.9. The Morgan fingerprint density at radius 3 is 2.54 bits per heavy atom. The summed E-state index contributed by atoms with van der Waals surface area (Å²) in [7, 11) is 0. The predicted octanol–water partition coefficient (Wildman–Crippen LogP) is 1.94. The SMILES string of the molecule is CC(NC(=O)c1cn2ccccc2n1)c1ccc(C(=O)NO)cc1. The maximum atomic E-state index is 12.3. The van der Waals surface area contributed by atoms with Crippen LogP contribution in [0.2, 0.25) is 0 Å². The van der Waals surface area contributed by atoms with Gasteiger partial charge >= 0.3 is 0 Å². The van der Waals surface area contributed by atoms with E-state index < -0.39 is 5.91 Å². The molecule has 0 radical (unpaired) electrons. The zero-order valence-electron chi connectivity index (χ0n) is 12.9. The van der Waals surface area contributed by atoms with Gasteiger partial charge in [-0.25, -0.2) is 10.5 Å². The van der Waals surface area contributed by atoms with Crippen LogP contribution in [-0.4, -0.2) is 26.4 Å². The standard InChI is InChI=1S/C17H16N4O3/c1-11(12-5-7-13(8-6-12)16(22)20-24)18-17(23)14-10-21-9-3-2-4-15(21)19-14/h2-11,24H,1H3,(H,18,23)(H,20,22). The lowest BCUT2D eigenvalue weighted by atomic mass is 10.1. The summed E-state index contributed by atoms with van der Waals surface area (Å²) in [5, 5.41) is 11.5. The Morgan fingerprint density at radius 1 is 1.12 bits per heavy atom. The summed E-state index contributed by atoms with van der Waals surface area (Å²) in [6.45, 7) is 1.84. The summed E-state index contributed by atoms with van der Waals surface area (Å²) in [6, 6.07) is 11.9. The van der Waals surface area contributed by atoms with E-state index in [4.69, 9.17) is 5.21 Å². The molecule has 2 heterocycles. The summed E-state index contributed by atoms with van der Waals surface area (Å²) in [6.07, 6.45) is 3.50. The van der Waals surface area contributed by atoms with Gasteiger partial charge in [0, 0.05) is 18.0 Å². The van der Waals surface area contributed by atoms with Crippen LogP contribution in [0.5, 0.6) is 0 Å². The van der Waals surface area contributed by atoms with Crippen LogP contribution in [0, 0.1) is 0 Å². The number of rotatable bonds is 4. The lowest BCUT2D eigenvalue weighted by Crippen LogP contribution is -2.27. The van der Waals surface area contributed by atoms with Gasteiger partial charge in [-0.2, -0.15) is 0 Å². The van der Waals surface area contributed by atoms with Crippen LogP contribution in [0.15, 0.2) is 54.9 Å². The zero-order chi connectivity index (χ0) is 17.1. The minimum absolute atomic E-state index is 0.256. The van der Waals surface area contributed by atoms with Crippen LogP contribution < -0.4 is 10.8 Å². The Kier molecular flexibility index (Phi) is 4.26. The van der Waals surface area contributed by atoms with Crippen molar-refractivity contribution in [2.24, 2.45) is 0 Å². The van der Waals surface area contributed by atoms with Crippen LogP contribution in [0.3, 0.4) is 0 Å². The molecule has 24 heavy (non-hydrogen) atoms. The summed E-state index contributed by atoms with van der Waals surface area (Å²) >= 11 is 0. The maximum Gasteiger partial charge on any atom is 0.274 e. The number of hydrogen-bond donors (Lipinski definition) is 3. The second-order valence-corrected chi connectivity index (χ2v) is 5.35. The quantitative estimate of drug-likeness (QED) is 0.505. The molecule has 1 atom stereocenters. The topological polar surface area (TPSA) is 95.7 Å². The van der Waals surface area contributed by atoms with Gasteiger partial charge in [-0.05, 0) is 36.8 Å². The molecule has 0 aliphatic heterocycles. The van der Waals surface area contributed by atoms with E-state index >= 15 is 0 Å². The molecule has 0 fully saturated rings. The van der Waals surface area contributed by atoms with Crippen molar-refractivity contribution in [2.75, 3.05) is 0 Å². The number of carbonyl (C=O) groups excluding carboxylic acids is 2. The van der Waals surface area contributed by atoms with E-state index in [2.05, 4.69) is 10.3 Å². The Labute approximate surface area is 137 Å². The maximum absolute atomic E-state index is 12.3. The molecule has 7 nitrogen and oxygen atoms in total. The summed E-state index contributed by atoms with van der Waals surface area (Å²) < 4.78 is 1.78. The molecule has 3 N–H and O–H groups in total. The first-order chi connectivity index (χ1) is 11.6. The van der Waals surface area contributed by atoms with Crippen LogP contribution in [0.4, 0.5) is 0 Å². The highest BCUT2D eigenvalue weighted by molar-refractivity contribution is 5.94. The molecule has 3 aromatic rings. The van der Waals surface area contributed by atoms with Crippen molar-refractivity contribution in [3.63, 3.8) is 0 Å². The van der Waals surface area contributed by atoms with Crippen molar-refractivity contribution in [1.29, 1.82) is 0 Å². The number of imidazole rings is 1. The third-order valence-corrected chi connectivity index (χ3v) is 3.72. The van der Waals surface area contributed by atoms with Gasteiger partial charge in [-0.15, -0.1) is 0 Å². The van der Waals surface area contributed by atoms with Gasteiger partial charge in [0.15, 0.2) is 0 Å². The molecule has 2 aromatic heterocycles. The van der Waals surface area contributed by atoms with Gasteiger partial charge in [0.05, 0.1) is 6.04 Å². The van der Waals surface area contributed by atoms with Crippen LogP contribution in [0.1, 0.15) is 39.4 Å². The van der Waals surface area contributed by atoms with Gasteiger partial charge in [0.1, 0.15) is 11.3 Å². The van der Waals surface area contributed by atoms with E-state index in [0.29, 0.717) is 16.9 Å². The molecule has 7 heteroatoms. The number of pyridine rings is 1. The van der Waals surface area contributed by atoms with Gasteiger partial charge in [-0.3, -0.25) is 14.8 Å². The van der Waals surface area contributed by atoms with Gasteiger partial charge in [0.2, 0.25) is 0 Å². The van der Waals surface area contributed by atoms with E-state index in [1.807, 2.05) is 31.3 Å². The first kappa shape index (κ1) is 15.7. The number of aromatic nitrogens is 2. The van der Waals surface area contributed by atoms with E-state index in [-0.39, 0.29) is 11.9 Å². The number of nitrogens with zero attached hydrogens (tertiary/aromatic N) is 2. The molecule has 0 aliphatic rings. The molecule has 122 valence electrons. The molecular formula is C17H16N4O3. The summed E-state index contributed by atoms with van der Waals surface area (Å²) in [5.41, 5.74) is 3.79. The minimum atomic E-state index is -0.581. The zero-order valence-corrected chi connectivity index (χ0v) is 12.9. The Bertz CT molecular complexity index is 853. The highest BCUT2D eigenvalue weighted by Crippen LogP contribution is 2.14. The molecule has 0 spiro atoms. The molecule has 0 saturated heterocycles. The smallest absolute Gasteiger partial charge is 0.274 e. The highest BCUT2D eigenvalue weighted by Gasteiger charge is 2.15. The number of hydrogen-bond acceptors (Lipinski definition) is 4. The average molecular weight is 324 g/mol. The van der Waals surface area contributed by atoms with Crippen LogP contribution in [-0.2, 0) is 0 Å². The molecule has 0 aliphatic carbocycles. The fourth-order valence-electron chi connectivity index (χ4n) is 2.39. The van der Waals surface area contributed by atoms with Crippen molar-refractivity contribution in [3.05, 3.63) is 71.7 Å². The summed E-state index contributed by atoms with van der Waals surface area (Å²) in [5.74, 6) is -0.855. The fourth-order valence-corrected chi connectivity index (χ4v) is 2.39. The number of nitrogens with one attached hydrogen (secondary N) is 2. The molecular weight excluding hydrogens is 308 g/mol. The van der Waals surface area contributed by atoms with Gasteiger partial charge in [-0.1, -0.05) is 18.2 Å². The van der Waals surface area contributed by atoms with E-state index in [9.17, 15) is 9.59 Å². The Balaban J connectivity index is 1.72. The number of hydroxylamine groups is 1. The Hall–Kier alpha value is -3.19. The van der Waals surface area contributed by atoms with Crippen molar-refractivity contribution in [3.8, 4) is 0 Å². The third-order valence-electron chi connectivity index (χ3n) is 3.72. The highest BCUT2D eigenvalue weighted by atomic mass is 16.5. The first-order valence-corrected chi connectivity index (χ1v) is 7.37. The monoisotopic (exact) mass is 324 g/mol. The molecule has 0 saturated carbocycles. The lowest BCUT2D eigenvalue weighted by Gasteiger charge is -2.13. The van der Waals surface area contributed by atoms with Gasteiger partial charge < -0.3 is 9.72 Å². The number of benzene rings is 1. The lowest BCUT2D eigenvalue weighted by molar-refractivity contribution is 0.0706. The van der Waals surface area contributed by atoms with E-state index in [1.54, 1.807) is 40.3 Å². The van der Waals surface area contributed by atoms with Crippen LogP contribution in [0.25, 0.3) is 5.65 Å². The van der Waals surface area contributed by atoms with Crippen molar-refractivity contribution >= 4 is 17.5 Å².